The smallest absolute Gasteiger partial charge is 0.387 e. The molecule has 0 amide bonds. The van der Waals surface area contributed by atoms with E-state index in [2.05, 4.69) is 26.7 Å². The first-order chi connectivity index (χ1) is 5.59. The molecule has 0 aliphatic rings. The highest BCUT2D eigenvalue weighted by molar-refractivity contribution is 9.10. The van der Waals surface area contributed by atoms with E-state index in [1.54, 1.807) is 0 Å². The molecular formula is C7H3BrF3O. The van der Waals surface area contributed by atoms with Gasteiger partial charge in [0.25, 0.3) is 0 Å². The minimum absolute atomic E-state index is 0.0666. The van der Waals surface area contributed by atoms with Gasteiger partial charge in [-0.05, 0) is 28.1 Å². The summed E-state index contributed by atoms with van der Waals surface area (Å²) in [6.45, 7) is -2.92. The fourth-order valence-electron chi connectivity index (χ4n) is 0.593. The van der Waals surface area contributed by atoms with Crippen LogP contribution in [0.15, 0.2) is 16.6 Å². The number of alkyl halides is 2. The van der Waals surface area contributed by atoms with Gasteiger partial charge in [-0.15, -0.1) is 0 Å². The highest BCUT2D eigenvalue weighted by Gasteiger charge is 2.06. The van der Waals surface area contributed by atoms with Crippen molar-refractivity contribution in [1.29, 1.82) is 0 Å². The lowest BCUT2D eigenvalue weighted by atomic mass is 10.3. The fraction of sp³-hybridized carbons (Fsp3) is 0.143. The van der Waals surface area contributed by atoms with E-state index in [0.717, 1.165) is 12.1 Å². The number of hydrogen-bond acceptors (Lipinski definition) is 1. The van der Waals surface area contributed by atoms with Gasteiger partial charge in [-0.2, -0.15) is 8.78 Å². The molecule has 0 saturated heterocycles. The Hall–Kier alpha value is -0.710. The highest BCUT2D eigenvalue weighted by atomic mass is 79.9. The zero-order valence-corrected chi connectivity index (χ0v) is 7.24. The summed E-state index contributed by atoms with van der Waals surface area (Å²) in [4.78, 5) is 0. The third kappa shape index (κ3) is 2.41. The minimum Gasteiger partial charge on any atom is -0.434 e. The summed E-state index contributed by atoms with van der Waals surface area (Å²) in [6.07, 6.45) is 0. The Morgan fingerprint density at radius 3 is 2.67 bits per heavy atom. The van der Waals surface area contributed by atoms with Crippen molar-refractivity contribution in [2.24, 2.45) is 0 Å². The molecule has 1 aromatic carbocycles. The standard InChI is InChI=1S/C7H3BrF3O/c8-5-3-4(12-7(10)11)1-2-6(5)9/h2-3,7H. The van der Waals surface area contributed by atoms with Crippen molar-refractivity contribution in [2.75, 3.05) is 0 Å². The van der Waals surface area contributed by atoms with Gasteiger partial charge in [0.1, 0.15) is 11.6 Å². The van der Waals surface area contributed by atoms with Crippen molar-refractivity contribution in [1.82, 2.24) is 0 Å². The summed E-state index contributed by atoms with van der Waals surface area (Å²) >= 11 is 2.82. The normalized spacial score (nSPS) is 10.4. The molecule has 0 saturated carbocycles. The molecule has 1 aromatic rings. The summed E-state index contributed by atoms with van der Waals surface area (Å²) in [5.74, 6) is -0.769. The molecule has 0 N–H and O–H groups in total. The van der Waals surface area contributed by atoms with E-state index in [1.165, 1.54) is 0 Å². The van der Waals surface area contributed by atoms with Gasteiger partial charge in [-0.1, -0.05) is 0 Å². The lowest BCUT2D eigenvalue weighted by Crippen LogP contribution is -2.01. The average Bonchev–Trinajstić information content (AvgIpc) is 1.96. The molecule has 12 heavy (non-hydrogen) atoms. The maximum Gasteiger partial charge on any atom is 0.387 e. The molecular weight excluding hydrogens is 237 g/mol. The van der Waals surface area contributed by atoms with E-state index in [0.29, 0.717) is 0 Å². The third-order valence-corrected chi connectivity index (χ3v) is 1.65. The number of rotatable bonds is 2. The van der Waals surface area contributed by atoms with Crippen LogP contribution < -0.4 is 4.74 Å². The quantitative estimate of drug-likeness (QED) is 0.771. The van der Waals surface area contributed by atoms with Crippen LogP contribution in [-0.2, 0) is 0 Å². The molecule has 5 heteroatoms. The van der Waals surface area contributed by atoms with E-state index in [1.807, 2.05) is 0 Å². The zero-order chi connectivity index (χ0) is 9.14. The predicted octanol–water partition coefficient (Wildman–Crippen LogP) is 2.99. The minimum atomic E-state index is -2.92. The predicted molar refractivity (Wildman–Crippen MR) is 39.6 cm³/mol. The molecule has 0 atom stereocenters. The van der Waals surface area contributed by atoms with Gasteiger partial charge in [0, 0.05) is 6.07 Å². The van der Waals surface area contributed by atoms with E-state index in [4.69, 9.17) is 0 Å². The van der Waals surface area contributed by atoms with Crippen molar-refractivity contribution in [3.8, 4) is 5.75 Å². The van der Waals surface area contributed by atoms with Crippen LogP contribution in [-0.4, -0.2) is 6.61 Å². The molecule has 0 aliphatic heterocycles. The van der Waals surface area contributed by atoms with Gasteiger partial charge >= 0.3 is 6.61 Å². The number of hydrogen-bond donors (Lipinski definition) is 0. The molecule has 1 rings (SSSR count). The van der Waals surface area contributed by atoms with Gasteiger partial charge < -0.3 is 4.74 Å². The number of benzene rings is 1. The Bertz CT molecular complexity index is 277. The first-order valence-corrected chi connectivity index (χ1v) is 3.70. The fourth-order valence-corrected chi connectivity index (χ4v) is 0.916. The summed E-state index contributed by atoms with van der Waals surface area (Å²) in [5, 5.41) is 0. The van der Waals surface area contributed by atoms with Crippen molar-refractivity contribution >= 4 is 15.9 Å². The Labute approximate surface area is 75.3 Å². The monoisotopic (exact) mass is 239 g/mol. The van der Waals surface area contributed by atoms with Crippen molar-refractivity contribution in [3.05, 3.63) is 28.5 Å². The van der Waals surface area contributed by atoms with Gasteiger partial charge in [0.15, 0.2) is 0 Å². The number of halogens is 4. The third-order valence-electron chi connectivity index (χ3n) is 1.04. The van der Waals surface area contributed by atoms with E-state index in [9.17, 15) is 13.2 Å². The summed E-state index contributed by atoms with van der Waals surface area (Å²) < 4.78 is 39.7. The summed E-state index contributed by atoms with van der Waals surface area (Å²) in [6, 6.07) is 4.20. The maximum atomic E-state index is 12.5. The molecule has 0 heterocycles. The van der Waals surface area contributed by atoms with Crippen LogP contribution in [0.25, 0.3) is 0 Å². The Morgan fingerprint density at radius 2 is 2.17 bits per heavy atom. The molecule has 0 unspecified atom stereocenters. The van der Waals surface area contributed by atoms with E-state index < -0.39 is 12.4 Å². The average molecular weight is 240 g/mol. The zero-order valence-electron chi connectivity index (χ0n) is 5.65. The second-order valence-electron chi connectivity index (χ2n) is 1.87. The van der Waals surface area contributed by atoms with Crippen LogP contribution in [0.5, 0.6) is 5.75 Å². The van der Waals surface area contributed by atoms with Gasteiger partial charge in [0.2, 0.25) is 0 Å². The van der Waals surface area contributed by atoms with Crippen molar-refractivity contribution < 1.29 is 17.9 Å². The van der Waals surface area contributed by atoms with Crippen LogP contribution in [0.4, 0.5) is 13.2 Å². The molecule has 0 aromatic heterocycles. The Balaban J connectivity index is 2.82. The summed E-state index contributed by atoms with van der Waals surface area (Å²) in [5.41, 5.74) is 0. The van der Waals surface area contributed by atoms with Gasteiger partial charge in [-0.25, -0.2) is 4.39 Å². The molecule has 1 nitrogen and oxygen atoms in total. The van der Waals surface area contributed by atoms with Crippen molar-refractivity contribution in [3.63, 3.8) is 0 Å². The molecule has 0 fully saturated rings. The topological polar surface area (TPSA) is 9.23 Å². The molecule has 65 valence electrons. The molecule has 0 bridgehead atoms. The van der Waals surface area contributed by atoms with Crippen LogP contribution in [0.3, 0.4) is 0 Å². The highest BCUT2D eigenvalue weighted by Crippen LogP contribution is 2.22. The second kappa shape index (κ2) is 3.80. The van der Waals surface area contributed by atoms with Crippen LogP contribution in [0.1, 0.15) is 0 Å². The van der Waals surface area contributed by atoms with Crippen LogP contribution in [0, 0.1) is 11.9 Å². The second-order valence-corrected chi connectivity index (χ2v) is 2.73. The first kappa shape index (κ1) is 9.38. The Morgan fingerprint density at radius 1 is 1.50 bits per heavy atom. The van der Waals surface area contributed by atoms with Crippen molar-refractivity contribution in [2.45, 2.75) is 6.61 Å². The maximum absolute atomic E-state index is 12.5. The van der Waals surface area contributed by atoms with E-state index in [-0.39, 0.29) is 10.2 Å². The molecule has 0 aliphatic carbocycles. The molecule has 0 spiro atoms. The lowest BCUT2D eigenvalue weighted by molar-refractivity contribution is -0.0501. The first-order valence-electron chi connectivity index (χ1n) is 2.91. The van der Waals surface area contributed by atoms with Gasteiger partial charge in [-0.3, -0.25) is 0 Å². The number of ether oxygens (including phenoxy) is 1. The summed E-state index contributed by atoms with van der Waals surface area (Å²) in [7, 11) is 0. The lowest BCUT2D eigenvalue weighted by Gasteiger charge is -2.03. The Kier molecular flexibility index (Phi) is 2.97. The SMILES string of the molecule is Fc1c[c]c(OC(F)F)cc1Br. The van der Waals surface area contributed by atoms with Gasteiger partial charge in [0.05, 0.1) is 4.47 Å². The van der Waals surface area contributed by atoms with Crippen LogP contribution >= 0.6 is 15.9 Å². The van der Waals surface area contributed by atoms with E-state index >= 15 is 0 Å². The largest absolute Gasteiger partial charge is 0.434 e. The van der Waals surface area contributed by atoms with Crippen LogP contribution in [0.2, 0.25) is 0 Å². The molecule has 1 radical (unpaired) electrons.